The van der Waals surface area contributed by atoms with E-state index in [1.165, 1.54) is 11.3 Å². The molecule has 0 aliphatic rings. The molecular formula is C14H18ClN3OS. The highest BCUT2D eigenvalue weighted by Crippen LogP contribution is 2.21. The van der Waals surface area contributed by atoms with Crippen molar-refractivity contribution in [1.29, 1.82) is 0 Å². The summed E-state index contributed by atoms with van der Waals surface area (Å²) in [5.74, 6) is -0.0766. The van der Waals surface area contributed by atoms with Crippen LogP contribution in [0, 0.1) is 0 Å². The third-order valence-corrected chi connectivity index (χ3v) is 4.00. The molecule has 1 aromatic carbocycles. The van der Waals surface area contributed by atoms with Gasteiger partial charge in [-0.25, -0.2) is 4.98 Å². The molecule has 1 unspecified atom stereocenters. The van der Waals surface area contributed by atoms with E-state index in [4.69, 9.17) is 5.73 Å². The number of nitrogens with zero attached hydrogens (tertiary/aromatic N) is 2. The molecule has 0 aliphatic heterocycles. The average Bonchev–Trinajstić information content (AvgIpc) is 2.94. The first-order valence-corrected chi connectivity index (χ1v) is 6.98. The van der Waals surface area contributed by atoms with Gasteiger partial charge in [-0.15, -0.1) is 23.7 Å². The Morgan fingerprint density at radius 3 is 2.60 bits per heavy atom. The predicted molar refractivity (Wildman–Crippen MR) is 84.2 cm³/mol. The van der Waals surface area contributed by atoms with Crippen molar-refractivity contribution in [2.45, 2.75) is 19.5 Å². The first kappa shape index (κ1) is 16.6. The number of hydrogen-bond donors (Lipinski definition) is 1. The van der Waals surface area contributed by atoms with Gasteiger partial charge in [0.2, 0.25) is 0 Å². The van der Waals surface area contributed by atoms with Crippen molar-refractivity contribution in [3.8, 4) is 0 Å². The largest absolute Gasteiger partial charge is 0.334 e. The summed E-state index contributed by atoms with van der Waals surface area (Å²) in [6.45, 7) is 2.37. The van der Waals surface area contributed by atoms with E-state index in [0.717, 1.165) is 10.6 Å². The van der Waals surface area contributed by atoms with Crippen LogP contribution in [0.2, 0.25) is 0 Å². The highest BCUT2D eigenvalue weighted by Gasteiger charge is 2.20. The molecule has 20 heavy (non-hydrogen) atoms. The van der Waals surface area contributed by atoms with Crippen LogP contribution in [-0.4, -0.2) is 22.8 Å². The number of halogens is 1. The van der Waals surface area contributed by atoms with E-state index >= 15 is 0 Å². The fourth-order valence-corrected chi connectivity index (χ4v) is 2.46. The number of hydrogen-bond acceptors (Lipinski definition) is 4. The number of nitrogens with two attached hydrogens (primary N) is 1. The van der Waals surface area contributed by atoms with Gasteiger partial charge >= 0.3 is 0 Å². The Labute approximate surface area is 129 Å². The molecule has 0 saturated carbocycles. The van der Waals surface area contributed by atoms with Crippen LogP contribution in [0.1, 0.15) is 34.0 Å². The summed E-state index contributed by atoms with van der Waals surface area (Å²) in [4.78, 5) is 18.2. The molecule has 0 saturated heterocycles. The molecule has 108 valence electrons. The van der Waals surface area contributed by atoms with Gasteiger partial charge in [0.05, 0.1) is 6.04 Å². The van der Waals surface area contributed by atoms with E-state index in [-0.39, 0.29) is 24.4 Å². The van der Waals surface area contributed by atoms with Crippen LogP contribution in [0.4, 0.5) is 0 Å². The second-order valence-electron chi connectivity index (χ2n) is 4.33. The topological polar surface area (TPSA) is 59.2 Å². The quantitative estimate of drug-likeness (QED) is 0.944. The van der Waals surface area contributed by atoms with Crippen molar-refractivity contribution in [1.82, 2.24) is 9.88 Å². The zero-order chi connectivity index (χ0) is 13.8. The van der Waals surface area contributed by atoms with Crippen LogP contribution < -0.4 is 5.73 Å². The van der Waals surface area contributed by atoms with Crippen molar-refractivity contribution in [2.24, 2.45) is 5.73 Å². The number of amides is 1. The molecule has 1 atom stereocenters. The van der Waals surface area contributed by atoms with Crippen molar-refractivity contribution in [2.75, 3.05) is 7.05 Å². The molecule has 1 heterocycles. The Bertz CT molecular complexity index is 559. The molecule has 0 spiro atoms. The number of carbonyl (C=O) groups excluding carboxylic acids is 1. The van der Waals surface area contributed by atoms with Crippen molar-refractivity contribution in [3.63, 3.8) is 0 Å². The van der Waals surface area contributed by atoms with Gasteiger partial charge in [0.15, 0.2) is 0 Å². The van der Waals surface area contributed by atoms with Crippen LogP contribution in [0.5, 0.6) is 0 Å². The molecule has 2 aromatic rings. The molecule has 6 heteroatoms. The van der Waals surface area contributed by atoms with Gasteiger partial charge in [-0.1, -0.05) is 30.3 Å². The third-order valence-electron chi connectivity index (χ3n) is 3.13. The number of aromatic nitrogens is 1. The van der Waals surface area contributed by atoms with Gasteiger partial charge in [0.1, 0.15) is 10.7 Å². The zero-order valence-corrected chi connectivity index (χ0v) is 13.1. The molecule has 0 aliphatic carbocycles. The molecule has 0 bridgehead atoms. The van der Waals surface area contributed by atoms with Crippen LogP contribution in [0.25, 0.3) is 0 Å². The van der Waals surface area contributed by atoms with E-state index in [0.29, 0.717) is 12.2 Å². The Kier molecular flexibility index (Phi) is 6.13. The second-order valence-corrected chi connectivity index (χ2v) is 5.28. The molecule has 2 rings (SSSR count). The summed E-state index contributed by atoms with van der Waals surface area (Å²) in [5, 5.41) is 2.54. The number of carbonyl (C=O) groups is 1. The summed E-state index contributed by atoms with van der Waals surface area (Å²) in [6.07, 6.45) is 0. The molecule has 0 fully saturated rings. The van der Waals surface area contributed by atoms with Crippen LogP contribution in [-0.2, 0) is 6.54 Å². The van der Waals surface area contributed by atoms with Gasteiger partial charge in [-0.3, -0.25) is 4.79 Å². The Morgan fingerprint density at radius 2 is 2.05 bits per heavy atom. The lowest BCUT2D eigenvalue weighted by atomic mass is 10.1. The van der Waals surface area contributed by atoms with E-state index in [2.05, 4.69) is 4.98 Å². The predicted octanol–water partition coefficient (Wildman–Crippen LogP) is 2.86. The number of thiazole rings is 1. The summed E-state index contributed by atoms with van der Waals surface area (Å²) in [5.41, 5.74) is 7.09. The minimum atomic E-state index is -0.0766. The van der Waals surface area contributed by atoms with Gasteiger partial charge in [0.25, 0.3) is 5.91 Å². The third kappa shape index (κ3) is 3.56. The standard InChI is InChI=1S/C14H17N3OS.ClH/c1-10(11-6-4-3-5-7-11)17(2)14(18)12-9-19-13(8-15)16-12;/h3-7,9-10H,8,15H2,1-2H3;1H. The van der Waals surface area contributed by atoms with Crippen LogP contribution in [0.3, 0.4) is 0 Å². The Balaban J connectivity index is 0.00000200. The minimum Gasteiger partial charge on any atom is -0.334 e. The SMILES string of the molecule is CC(c1ccccc1)N(C)C(=O)c1csc(CN)n1.Cl. The van der Waals surface area contributed by atoms with E-state index in [1.54, 1.807) is 17.3 Å². The first-order chi connectivity index (χ1) is 9.13. The summed E-state index contributed by atoms with van der Waals surface area (Å²) >= 11 is 1.42. The summed E-state index contributed by atoms with van der Waals surface area (Å²) in [7, 11) is 1.79. The zero-order valence-electron chi connectivity index (χ0n) is 11.4. The van der Waals surface area contributed by atoms with Crippen molar-refractivity contribution < 1.29 is 4.79 Å². The lowest BCUT2D eigenvalue weighted by Crippen LogP contribution is -2.29. The summed E-state index contributed by atoms with van der Waals surface area (Å²) in [6, 6.07) is 9.95. The molecule has 2 N–H and O–H groups in total. The molecular weight excluding hydrogens is 294 g/mol. The highest BCUT2D eigenvalue weighted by molar-refractivity contribution is 7.09. The van der Waals surface area contributed by atoms with E-state index in [1.807, 2.05) is 37.3 Å². The van der Waals surface area contributed by atoms with Crippen molar-refractivity contribution >= 4 is 29.7 Å². The Hall–Kier alpha value is -1.43. The smallest absolute Gasteiger partial charge is 0.273 e. The summed E-state index contributed by atoms with van der Waals surface area (Å²) < 4.78 is 0. The van der Waals surface area contributed by atoms with Gasteiger partial charge in [-0.05, 0) is 12.5 Å². The maximum Gasteiger partial charge on any atom is 0.273 e. The van der Waals surface area contributed by atoms with E-state index < -0.39 is 0 Å². The second kappa shape index (κ2) is 7.38. The number of rotatable bonds is 4. The minimum absolute atomic E-state index is 0. The van der Waals surface area contributed by atoms with Gasteiger partial charge < -0.3 is 10.6 Å². The van der Waals surface area contributed by atoms with Gasteiger partial charge in [0, 0.05) is 19.0 Å². The number of benzene rings is 1. The first-order valence-electron chi connectivity index (χ1n) is 6.10. The maximum absolute atomic E-state index is 12.3. The average molecular weight is 312 g/mol. The fourth-order valence-electron chi connectivity index (χ4n) is 1.81. The molecule has 4 nitrogen and oxygen atoms in total. The van der Waals surface area contributed by atoms with Gasteiger partial charge in [-0.2, -0.15) is 0 Å². The molecule has 0 radical (unpaired) electrons. The highest BCUT2D eigenvalue weighted by atomic mass is 35.5. The molecule has 1 aromatic heterocycles. The monoisotopic (exact) mass is 311 g/mol. The van der Waals surface area contributed by atoms with Crippen LogP contribution >= 0.6 is 23.7 Å². The normalized spacial score (nSPS) is 11.6. The molecule has 1 amide bonds. The van der Waals surface area contributed by atoms with E-state index in [9.17, 15) is 4.79 Å². The Morgan fingerprint density at radius 1 is 1.40 bits per heavy atom. The maximum atomic E-state index is 12.3. The van der Waals surface area contributed by atoms with Crippen molar-refractivity contribution in [3.05, 3.63) is 52.0 Å². The lowest BCUT2D eigenvalue weighted by Gasteiger charge is -2.24. The van der Waals surface area contributed by atoms with Crippen LogP contribution in [0.15, 0.2) is 35.7 Å². The fraction of sp³-hybridized carbons (Fsp3) is 0.286. The lowest BCUT2D eigenvalue weighted by molar-refractivity contribution is 0.0737.